The zero-order valence-electron chi connectivity index (χ0n) is 25.6. The van der Waals surface area contributed by atoms with Crippen LogP contribution in [0.3, 0.4) is 0 Å². The lowest BCUT2D eigenvalue weighted by Gasteiger charge is -2.35. The second kappa shape index (κ2) is 11.1. The minimum absolute atomic E-state index is 0.0213. The third-order valence-electron chi connectivity index (χ3n) is 10.6. The smallest absolute Gasteiger partial charge is 0.319 e. The summed E-state index contributed by atoms with van der Waals surface area (Å²) >= 11 is 6.84. The number of benzene rings is 1. The van der Waals surface area contributed by atoms with Crippen molar-refractivity contribution in [1.82, 2.24) is 35.0 Å². The van der Waals surface area contributed by atoms with Crippen molar-refractivity contribution in [3.8, 4) is 17.3 Å². The number of aliphatic hydroxyl groups excluding tert-OH is 1. The fraction of sp³-hybridized carbons (Fsp3) is 0.485. The lowest BCUT2D eigenvalue weighted by molar-refractivity contribution is 0.0710. The molecule has 5 aliphatic rings. The van der Waals surface area contributed by atoms with E-state index in [9.17, 15) is 9.50 Å². The quantitative estimate of drug-likeness (QED) is 0.261. The van der Waals surface area contributed by atoms with Gasteiger partial charge in [0.25, 0.3) is 0 Å². The number of H-pyrrole nitrogens is 1. The Morgan fingerprint density at radius 1 is 1.11 bits per heavy atom. The predicted molar refractivity (Wildman–Crippen MR) is 170 cm³/mol. The Morgan fingerprint density at radius 2 is 2.02 bits per heavy atom. The minimum Gasteiger partial charge on any atom is -0.461 e. The molecule has 0 amide bonds. The summed E-state index contributed by atoms with van der Waals surface area (Å²) in [5.74, 6) is 0.496. The summed E-state index contributed by atoms with van der Waals surface area (Å²) < 4.78 is 43.9. The number of aromatic amines is 1. The first-order valence-corrected chi connectivity index (χ1v) is 16.7. The monoisotopic (exact) mass is 662 g/mol. The Hall–Kier alpha value is -3.94. The van der Waals surface area contributed by atoms with Gasteiger partial charge in [-0.15, -0.1) is 0 Å². The predicted octanol–water partition coefficient (Wildman–Crippen LogP) is 5.35. The van der Waals surface area contributed by atoms with Crippen LogP contribution < -0.4 is 9.64 Å². The van der Waals surface area contributed by atoms with Gasteiger partial charge in [-0.2, -0.15) is 15.1 Å². The molecule has 1 aromatic carbocycles. The van der Waals surface area contributed by atoms with Crippen LogP contribution in [0.4, 0.5) is 14.6 Å². The van der Waals surface area contributed by atoms with Crippen molar-refractivity contribution in [2.45, 2.75) is 62.8 Å². The van der Waals surface area contributed by atoms with E-state index < -0.39 is 23.6 Å². The van der Waals surface area contributed by atoms with Crippen LogP contribution in [0.2, 0.25) is 5.02 Å². The molecule has 4 atom stereocenters. The molecule has 5 aromatic rings. The van der Waals surface area contributed by atoms with Gasteiger partial charge in [-0.1, -0.05) is 11.6 Å². The number of halogens is 3. The van der Waals surface area contributed by atoms with Crippen LogP contribution in [-0.4, -0.2) is 84.6 Å². The number of hydrogen-bond acceptors (Lipinski definition) is 10. The van der Waals surface area contributed by atoms with Crippen LogP contribution in [0.15, 0.2) is 29.1 Å². The molecule has 11 nitrogen and oxygen atoms in total. The minimum atomic E-state index is -0.936. The Bertz CT molecular complexity index is 2020. The SMILES string of the molecule is O[C@H]1c2ncc(o2)CCc2c(Cl)cc3[nH]ncc3c2-c2ncc3c(nc(OC[C@@]45CCCN4C[C@H](F)C5)nc3c2F)N2CCC[C@@H]1C2. The largest absolute Gasteiger partial charge is 0.461 e. The van der Waals surface area contributed by atoms with Crippen molar-refractivity contribution in [1.29, 1.82) is 0 Å². The first-order chi connectivity index (χ1) is 22.9. The number of aliphatic hydroxyl groups is 1. The number of anilines is 1. The highest BCUT2D eigenvalue weighted by molar-refractivity contribution is 6.33. The summed E-state index contributed by atoms with van der Waals surface area (Å²) in [6.07, 6.45) is 7.55. The van der Waals surface area contributed by atoms with Gasteiger partial charge in [0.15, 0.2) is 5.82 Å². The highest BCUT2D eigenvalue weighted by atomic mass is 35.5. The number of aryl methyl sites for hydroxylation is 1. The summed E-state index contributed by atoms with van der Waals surface area (Å²) in [7, 11) is 0. The van der Waals surface area contributed by atoms with E-state index in [0.29, 0.717) is 82.9 Å². The van der Waals surface area contributed by atoms with Gasteiger partial charge in [-0.05, 0) is 50.3 Å². The first kappa shape index (κ1) is 29.2. The molecule has 8 bridgehead atoms. The Kier molecular flexibility index (Phi) is 6.88. The summed E-state index contributed by atoms with van der Waals surface area (Å²) in [6, 6.07) is 1.79. The normalized spacial score (nSPS) is 26.0. The van der Waals surface area contributed by atoms with Crippen LogP contribution in [-0.2, 0) is 12.8 Å². The van der Waals surface area contributed by atoms with E-state index in [1.807, 2.05) is 4.90 Å². The number of ether oxygens (including phenoxy) is 1. The van der Waals surface area contributed by atoms with Gasteiger partial charge in [-0.3, -0.25) is 15.0 Å². The zero-order chi connectivity index (χ0) is 31.9. The number of alkyl halides is 1. The standard InChI is InChI=1S/C33H33ClF2N8O3/c34-23-9-24-21(13-39-42-24)25-20(23)5-4-19-11-38-31(47-19)29(45)17-3-1-7-43(14-17)30-22-12-37-28(25)26(36)27(22)40-32(41-30)46-16-33-6-2-8-44(33)15-18(35)10-33/h9,11-13,17-18,29,45H,1-8,10,14-16H2,(H,39,42)/t17-,18-,29-,33+/m1/s1. The molecule has 0 saturated carbocycles. The van der Waals surface area contributed by atoms with Crippen LogP contribution in [0.5, 0.6) is 6.01 Å². The van der Waals surface area contributed by atoms with Crippen molar-refractivity contribution in [2.24, 2.45) is 5.92 Å². The number of fused-ring (bicyclic) bond motifs is 4. The molecule has 3 fully saturated rings. The summed E-state index contributed by atoms with van der Waals surface area (Å²) in [4.78, 5) is 22.8. The molecule has 0 radical (unpaired) electrons. The fourth-order valence-electron chi connectivity index (χ4n) is 8.25. The molecule has 244 valence electrons. The molecule has 4 aromatic heterocycles. The fourth-order valence-corrected chi connectivity index (χ4v) is 8.55. The topological polar surface area (TPSA) is 129 Å². The van der Waals surface area contributed by atoms with E-state index in [2.05, 4.69) is 30.0 Å². The molecule has 5 aliphatic heterocycles. The number of piperidine rings is 1. The summed E-state index contributed by atoms with van der Waals surface area (Å²) in [5.41, 5.74) is 1.55. The van der Waals surface area contributed by atoms with Crippen molar-refractivity contribution >= 4 is 39.2 Å². The molecular weight excluding hydrogens is 630 g/mol. The molecule has 0 spiro atoms. The molecule has 47 heavy (non-hydrogen) atoms. The lowest BCUT2D eigenvalue weighted by Crippen LogP contribution is -2.43. The molecule has 2 N–H and O–H groups in total. The van der Waals surface area contributed by atoms with E-state index in [1.54, 1.807) is 24.7 Å². The van der Waals surface area contributed by atoms with Crippen LogP contribution >= 0.6 is 11.6 Å². The highest BCUT2D eigenvalue weighted by Gasteiger charge is 2.49. The van der Waals surface area contributed by atoms with E-state index in [4.69, 9.17) is 25.7 Å². The number of oxazole rings is 1. The van der Waals surface area contributed by atoms with Gasteiger partial charge in [0.1, 0.15) is 41.7 Å². The Balaban J connectivity index is 1.23. The third-order valence-corrected chi connectivity index (χ3v) is 10.9. The average molecular weight is 663 g/mol. The zero-order valence-corrected chi connectivity index (χ0v) is 26.3. The van der Waals surface area contributed by atoms with Gasteiger partial charge in [-0.25, -0.2) is 13.8 Å². The van der Waals surface area contributed by atoms with E-state index in [-0.39, 0.29) is 35.6 Å². The van der Waals surface area contributed by atoms with Crippen molar-refractivity contribution < 1.29 is 23.0 Å². The summed E-state index contributed by atoms with van der Waals surface area (Å²) in [6.45, 7) is 2.49. The van der Waals surface area contributed by atoms with Crippen molar-refractivity contribution in [2.75, 3.05) is 37.7 Å². The number of aromatic nitrogens is 6. The maximum atomic E-state index is 17.1. The molecule has 9 heterocycles. The van der Waals surface area contributed by atoms with E-state index in [0.717, 1.165) is 32.2 Å². The molecule has 0 aliphatic carbocycles. The number of hydrogen-bond donors (Lipinski definition) is 2. The maximum Gasteiger partial charge on any atom is 0.319 e. The summed E-state index contributed by atoms with van der Waals surface area (Å²) in [5, 5.41) is 20.1. The number of rotatable bonds is 3. The molecule has 14 heteroatoms. The Labute approximate surface area is 273 Å². The van der Waals surface area contributed by atoms with Gasteiger partial charge < -0.3 is 19.2 Å². The first-order valence-electron chi connectivity index (χ1n) is 16.3. The third kappa shape index (κ3) is 4.76. The number of nitrogens with one attached hydrogen (secondary N) is 1. The number of pyridine rings is 1. The van der Waals surface area contributed by atoms with Gasteiger partial charge in [0.2, 0.25) is 5.89 Å². The molecule has 3 saturated heterocycles. The highest BCUT2D eigenvalue weighted by Crippen LogP contribution is 2.43. The van der Waals surface area contributed by atoms with Gasteiger partial charge in [0, 0.05) is 60.6 Å². The van der Waals surface area contributed by atoms with Crippen LogP contribution in [0, 0.1) is 11.7 Å². The molecule has 10 rings (SSSR count). The molecule has 0 unspecified atom stereocenters. The van der Waals surface area contributed by atoms with Crippen LogP contribution in [0.25, 0.3) is 33.1 Å². The maximum absolute atomic E-state index is 17.1. The molecular formula is C33H33ClF2N8O3. The van der Waals surface area contributed by atoms with Crippen molar-refractivity contribution in [3.63, 3.8) is 0 Å². The van der Waals surface area contributed by atoms with Gasteiger partial charge >= 0.3 is 6.01 Å². The Morgan fingerprint density at radius 3 is 2.94 bits per heavy atom. The van der Waals surface area contributed by atoms with Gasteiger partial charge in [0.05, 0.1) is 28.8 Å². The lowest BCUT2D eigenvalue weighted by atomic mass is 9.92. The average Bonchev–Trinajstić information content (AvgIpc) is 3.87. The van der Waals surface area contributed by atoms with Crippen molar-refractivity contribution in [3.05, 3.63) is 52.7 Å². The van der Waals surface area contributed by atoms with E-state index >= 15 is 4.39 Å². The van der Waals surface area contributed by atoms with Crippen LogP contribution in [0.1, 0.15) is 55.4 Å². The van der Waals surface area contributed by atoms with E-state index in [1.165, 1.54) is 0 Å². The second-order valence-corrected chi connectivity index (χ2v) is 13.8. The second-order valence-electron chi connectivity index (χ2n) is 13.4. The number of nitrogens with zero attached hydrogens (tertiary/aromatic N) is 7.